The van der Waals surface area contributed by atoms with Crippen LogP contribution in [0, 0.1) is 11.8 Å². The van der Waals surface area contributed by atoms with E-state index in [1.165, 1.54) is 20.0 Å². The first-order valence-corrected chi connectivity index (χ1v) is 9.93. The molecule has 27 heavy (non-hydrogen) atoms. The summed E-state index contributed by atoms with van der Waals surface area (Å²) in [5.74, 6) is 4.76. The predicted octanol–water partition coefficient (Wildman–Crippen LogP) is -1.61. The second-order valence-electron chi connectivity index (χ2n) is 6.16. The maximum absolute atomic E-state index is 12.3. The highest BCUT2D eigenvalue weighted by atomic mass is 31.2. The Balaban J connectivity index is 2.01. The van der Waals surface area contributed by atoms with E-state index in [2.05, 4.69) is 16.8 Å². The van der Waals surface area contributed by atoms with Gasteiger partial charge >= 0.3 is 13.3 Å². The van der Waals surface area contributed by atoms with Crippen molar-refractivity contribution in [2.45, 2.75) is 24.0 Å². The number of aliphatic hydroxyl groups excluding tert-OH is 2. The molecular formula is C15H19N2O9P. The van der Waals surface area contributed by atoms with E-state index in [9.17, 15) is 19.3 Å². The quantitative estimate of drug-likeness (QED) is 0.391. The van der Waals surface area contributed by atoms with Gasteiger partial charge in [0.25, 0.3) is 5.56 Å². The van der Waals surface area contributed by atoms with Crippen LogP contribution in [-0.2, 0) is 23.1 Å². The number of nitrogens with zero attached hydrogens (tertiary/aromatic N) is 1. The molecule has 0 spiro atoms. The molecule has 2 aliphatic rings. The molecule has 0 saturated carbocycles. The first kappa shape index (κ1) is 20.0. The smallest absolute Gasteiger partial charge is 0.330 e. The van der Waals surface area contributed by atoms with E-state index in [-0.39, 0.29) is 12.2 Å². The third kappa shape index (κ3) is 3.53. The zero-order valence-electron chi connectivity index (χ0n) is 14.6. The fraction of sp³-hybridized carbons (Fsp3) is 0.600. The molecule has 3 rings (SSSR count). The van der Waals surface area contributed by atoms with Crippen LogP contribution in [0.1, 0.15) is 11.8 Å². The molecule has 2 bridgehead atoms. The van der Waals surface area contributed by atoms with Crippen molar-refractivity contribution in [1.82, 2.24) is 9.55 Å². The molecule has 1 aromatic heterocycles. The summed E-state index contributed by atoms with van der Waals surface area (Å²) < 4.78 is 35.1. The Morgan fingerprint density at radius 1 is 1.48 bits per heavy atom. The molecule has 3 heterocycles. The highest BCUT2D eigenvalue weighted by Crippen LogP contribution is 2.54. The normalized spacial score (nSPS) is 31.3. The first-order chi connectivity index (χ1) is 12.8. The number of fused-ring (bicyclic) bond motifs is 2. The van der Waals surface area contributed by atoms with E-state index in [1.54, 1.807) is 0 Å². The number of nitrogens with one attached hydrogen (secondary N) is 1. The Labute approximate surface area is 153 Å². The summed E-state index contributed by atoms with van der Waals surface area (Å²) in [4.78, 5) is 26.2. The average molecular weight is 402 g/mol. The molecule has 0 amide bonds. The van der Waals surface area contributed by atoms with Gasteiger partial charge in [0.1, 0.15) is 30.0 Å². The minimum absolute atomic E-state index is 0.0334. The number of H-pyrrole nitrogens is 1. The van der Waals surface area contributed by atoms with Gasteiger partial charge in [-0.05, 0) is 0 Å². The molecule has 11 nitrogen and oxygen atoms in total. The van der Waals surface area contributed by atoms with Crippen LogP contribution in [0.3, 0.4) is 0 Å². The molecule has 5 unspecified atom stereocenters. The van der Waals surface area contributed by atoms with Gasteiger partial charge in [-0.15, -0.1) is 0 Å². The van der Waals surface area contributed by atoms with Crippen LogP contribution >= 0.6 is 7.60 Å². The van der Waals surface area contributed by atoms with E-state index in [0.717, 1.165) is 4.57 Å². The number of hydrogen-bond donors (Lipinski definition) is 3. The van der Waals surface area contributed by atoms with Crippen molar-refractivity contribution in [3.05, 3.63) is 32.6 Å². The Bertz CT molecular complexity index is 945. The fourth-order valence-corrected chi connectivity index (χ4v) is 3.85. The van der Waals surface area contributed by atoms with Gasteiger partial charge < -0.3 is 24.2 Å². The number of aromatic amines is 1. The summed E-state index contributed by atoms with van der Waals surface area (Å²) in [5, 5.41) is 18.6. The maximum atomic E-state index is 12.3. The fourth-order valence-electron chi connectivity index (χ4n) is 3.04. The molecule has 2 fully saturated rings. The second kappa shape index (κ2) is 7.33. The highest BCUT2D eigenvalue weighted by molar-refractivity contribution is 7.52. The number of rotatable bonds is 5. The van der Waals surface area contributed by atoms with Crippen LogP contribution in [0.15, 0.2) is 15.8 Å². The van der Waals surface area contributed by atoms with E-state index >= 15 is 0 Å². The molecule has 1 aromatic rings. The Morgan fingerprint density at radius 2 is 2.22 bits per heavy atom. The summed E-state index contributed by atoms with van der Waals surface area (Å²) in [6.45, 7) is 0.258. The molecule has 3 N–H and O–H groups in total. The lowest BCUT2D eigenvalue weighted by atomic mass is 10.0. The first-order valence-electron chi connectivity index (χ1n) is 7.94. The van der Waals surface area contributed by atoms with Gasteiger partial charge in [0.2, 0.25) is 0 Å². The molecule has 12 heteroatoms. The monoisotopic (exact) mass is 402 g/mol. The molecule has 2 saturated heterocycles. The van der Waals surface area contributed by atoms with Crippen molar-refractivity contribution in [2.75, 3.05) is 33.6 Å². The van der Waals surface area contributed by atoms with Crippen LogP contribution < -0.4 is 11.2 Å². The van der Waals surface area contributed by atoms with Crippen molar-refractivity contribution in [3.8, 4) is 11.8 Å². The number of aromatic nitrogens is 2. The van der Waals surface area contributed by atoms with E-state index in [1.807, 2.05) is 0 Å². The van der Waals surface area contributed by atoms with Crippen molar-refractivity contribution >= 4 is 7.60 Å². The highest BCUT2D eigenvalue weighted by Gasteiger charge is 2.64. The molecule has 0 radical (unpaired) electrons. The predicted molar refractivity (Wildman–Crippen MR) is 90.4 cm³/mol. The van der Waals surface area contributed by atoms with E-state index in [0.29, 0.717) is 0 Å². The summed E-state index contributed by atoms with van der Waals surface area (Å²) in [6.07, 6.45) is -1.74. The van der Waals surface area contributed by atoms with Crippen molar-refractivity contribution in [1.29, 1.82) is 0 Å². The molecule has 0 aliphatic carbocycles. The average Bonchev–Trinajstić information content (AvgIpc) is 3.12. The van der Waals surface area contributed by atoms with Gasteiger partial charge in [0, 0.05) is 20.0 Å². The number of ether oxygens (including phenoxy) is 2. The van der Waals surface area contributed by atoms with Gasteiger partial charge in [0.05, 0.1) is 13.2 Å². The molecular weight excluding hydrogens is 383 g/mol. The second-order valence-corrected chi connectivity index (χ2v) is 8.27. The summed E-state index contributed by atoms with van der Waals surface area (Å²) in [5.41, 5.74) is -2.91. The Morgan fingerprint density at radius 3 is 2.85 bits per heavy atom. The van der Waals surface area contributed by atoms with Crippen LogP contribution in [0.2, 0.25) is 0 Å². The van der Waals surface area contributed by atoms with Crippen LogP contribution in [0.5, 0.6) is 0 Å². The largest absolute Gasteiger partial charge is 0.393 e. The lowest BCUT2D eigenvalue weighted by molar-refractivity contribution is -0.187. The standard InChI is InChI=1S/C15H19N2O9P/c1-23-27(2,22)26-11-10-13(25-15(11,7-19)8-24-10)17-6-9(4-3-5-18)12(20)16-14(17)21/h6,10-11,13,18-19H,5,7-8H2,1-2H3,(H,16,20,21). The molecule has 148 valence electrons. The van der Waals surface area contributed by atoms with E-state index in [4.69, 9.17) is 23.6 Å². The molecule has 5 atom stereocenters. The van der Waals surface area contributed by atoms with Crippen LogP contribution in [0.4, 0.5) is 0 Å². The maximum Gasteiger partial charge on any atom is 0.330 e. The topological polar surface area (TPSA) is 149 Å². The van der Waals surface area contributed by atoms with Gasteiger partial charge in [-0.1, -0.05) is 11.8 Å². The van der Waals surface area contributed by atoms with Crippen molar-refractivity contribution < 1.29 is 33.3 Å². The SMILES string of the molecule is COP(C)(=O)OC1C2OCC1(CO)OC2n1cc(C#CCO)c(=O)[nH]c1=O. The Hall–Kier alpha value is -1.77. The van der Waals surface area contributed by atoms with Crippen molar-refractivity contribution in [3.63, 3.8) is 0 Å². The third-order valence-electron chi connectivity index (χ3n) is 4.42. The third-order valence-corrected chi connectivity index (χ3v) is 5.70. The Kier molecular flexibility index (Phi) is 5.42. The number of aliphatic hydroxyl groups is 2. The molecule has 2 aliphatic heterocycles. The van der Waals surface area contributed by atoms with Crippen molar-refractivity contribution in [2.24, 2.45) is 0 Å². The van der Waals surface area contributed by atoms with Crippen LogP contribution in [-0.4, -0.2) is 71.2 Å². The van der Waals surface area contributed by atoms with Crippen LogP contribution in [0.25, 0.3) is 0 Å². The lowest BCUT2D eigenvalue weighted by Gasteiger charge is -2.30. The van der Waals surface area contributed by atoms with Gasteiger partial charge in [-0.2, -0.15) is 0 Å². The van der Waals surface area contributed by atoms with E-state index < -0.39 is 56.1 Å². The summed E-state index contributed by atoms with van der Waals surface area (Å²) in [6, 6.07) is 0. The van der Waals surface area contributed by atoms with Gasteiger partial charge in [-0.25, -0.2) is 4.79 Å². The lowest BCUT2D eigenvalue weighted by Crippen LogP contribution is -2.45. The van der Waals surface area contributed by atoms with Gasteiger partial charge in [-0.3, -0.25) is 23.4 Å². The zero-order valence-corrected chi connectivity index (χ0v) is 15.5. The summed E-state index contributed by atoms with van der Waals surface area (Å²) >= 11 is 0. The minimum atomic E-state index is -3.44. The number of hydrogen-bond acceptors (Lipinski definition) is 9. The summed E-state index contributed by atoms with van der Waals surface area (Å²) in [7, 11) is -2.22. The minimum Gasteiger partial charge on any atom is -0.393 e. The van der Waals surface area contributed by atoms with Gasteiger partial charge in [0.15, 0.2) is 6.23 Å². The zero-order chi connectivity index (χ0) is 19.8. The molecule has 0 aromatic carbocycles.